The Morgan fingerprint density at radius 1 is 1.23 bits per heavy atom. The molecule has 1 rings (SSSR count). The summed E-state index contributed by atoms with van der Waals surface area (Å²) in [5, 5.41) is 3.89. The maximum absolute atomic E-state index is 11.0. The molecule has 0 unspecified atom stereocenters. The van der Waals surface area contributed by atoms with Crippen molar-refractivity contribution in [1.82, 2.24) is 5.01 Å². The monoisotopic (exact) mass is 184 g/mol. The van der Waals surface area contributed by atoms with Crippen molar-refractivity contribution >= 4 is 5.91 Å². The van der Waals surface area contributed by atoms with Crippen LogP contribution in [0.1, 0.15) is 45.4 Å². The van der Waals surface area contributed by atoms with Gasteiger partial charge in [-0.1, -0.05) is 25.7 Å². The maximum Gasteiger partial charge on any atom is 0.242 e. The maximum atomic E-state index is 11.0. The van der Waals surface area contributed by atoms with Crippen LogP contribution >= 0.6 is 0 Å². The van der Waals surface area contributed by atoms with Crippen molar-refractivity contribution in [1.29, 1.82) is 0 Å². The van der Waals surface area contributed by atoms with Gasteiger partial charge >= 0.3 is 0 Å². The number of carbonyl (C=O) groups excluding carboxylic acids is 1. The van der Waals surface area contributed by atoms with Crippen LogP contribution < -0.4 is 0 Å². The molecule has 0 aromatic carbocycles. The number of carbonyl (C=O) groups is 1. The Balaban J connectivity index is 2.55. The number of rotatable bonds is 2. The smallest absolute Gasteiger partial charge is 0.242 e. The lowest BCUT2D eigenvalue weighted by Crippen LogP contribution is -2.33. The van der Waals surface area contributed by atoms with Gasteiger partial charge in [0.05, 0.1) is 11.3 Å². The van der Waals surface area contributed by atoms with Crippen LogP contribution in [0.3, 0.4) is 0 Å². The molecule has 1 saturated carbocycles. The minimum atomic E-state index is -0.234. The minimum absolute atomic E-state index is 0.0532. The molecule has 0 radical (unpaired) electrons. The molecule has 0 saturated heterocycles. The van der Waals surface area contributed by atoms with E-state index in [1.165, 1.54) is 19.8 Å². The lowest BCUT2D eigenvalue weighted by molar-refractivity contribution is -0.131. The van der Waals surface area contributed by atoms with Crippen LogP contribution in [-0.2, 0) is 4.79 Å². The standard InChI is InChI=1S/C9H16N2O2/c1-8(12)11(10-13)9-6-4-2-3-5-7-9/h9H,2-7H2,1H3. The highest BCUT2D eigenvalue weighted by atomic mass is 16.3. The first-order chi connectivity index (χ1) is 6.25. The molecule has 0 aromatic rings. The van der Waals surface area contributed by atoms with Crippen LogP contribution in [0.25, 0.3) is 0 Å². The lowest BCUT2D eigenvalue weighted by atomic mass is 10.1. The van der Waals surface area contributed by atoms with Gasteiger partial charge in [0.25, 0.3) is 0 Å². The Labute approximate surface area is 78.2 Å². The van der Waals surface area contributed by atoms with E-state index in [4.69, 9.17) is 0 Å². The average molecular weight is 184 g/mol. The van der Waals surface area contributed by atoms with Gasteiger partial charge in [-0.05, 0) is 12.8 Å². The second-order valence-corrected chi connectivity index (χ2v) is 3.59. The number of nitrogens with zero attached hydrogens (tertiary/aromatic N) is 2. The van der Waals surface area contributed by atoms with Crippen molar-refractivity contribution in [2.75, 3.05) is 0 Å². The molecule has 0 aromatic heterocycles. The van der Waals surface area contributed by atoms with Crippen LogP contribution in [0.15, 0.2) is 5.29 Å². The van der Waals surface area contributed by atoms with Crippen LogP contribution in [0.2, 0.25) is 0 Å². The molecule has 0 N–H and O–H groups in total. The van der Waals surface area contributed by atoms with Crippen molar-refractivity contribution in [2.45, 2.75) is 51.5 Å². The summed E-state index contributed by atoms with van der Waals surface area (Å²) in [6.07, 6.45) is 6.47. The fraction of sp³-hybridized carbons (Fsp3) is 0.889. The van der Waals surface area contributed by atoms with Crippen LogP contribution in [-0.4, -0.2) is 17.0 Å². The first-order valence-corrected chi connectivity index (χ1v) is 4.89. The fourth-order valence-electron chi connectivity index (χ4n) is 1.88. The largest absolute Gasteiger partial charge is 0.273 e. The van der Waals surface area contributed by atoms with E-state index < -0.39 is 0 Å². The van der Waals surface area contributed by atoms with Gasteiger partial charge in [0.15, 0.2) is 0 Å². The topological polar surface area (TPSA) is 49.7 Å². The third kappa shape index (κ3) is 2.79. The summed E-state index contributed by atoms with van der Waals surface area (Å²) in [7, 11) is 0. The summed E-state index contributed by atoms with van der Waals surface area (Å²) in [4.78, 5) is 21.4. The SMILES string of the molecule is CC(=O)N(N=O)C1CCCCCC1. The van der Waals surface area contributed by atoms with E-state index in [0.717, 1.165) is 30.7 Å². The molecule has 1 amide bonds. The Kier molecular flexibility index (Phi) is 3.86. The molecule has 1 aliphatic carbocycles. The quantitative estimate of drug-likeness (QED) is 0.375. The van der Waals surface area contributed by atoms with E-state index in [2.05, 4.69) is 5.29 Å². The van der Waals surface area contributed by atoms with E-state index in [-0.39, 0.29) is 11.9 Å². The molecule has 0 heterocycles. The third-order valence-electron chi connectivity index (χ3n) is 2.58. The number of hydrogen-bond acceptors (Lipinski definition) is 3. The third-order valence-corrected chi connectivity index (χ3v) is 2.58. The van der Waals surface area contributed by atoms with Crippen molar-refractivity contribution in [3.8, 4) is 0 Å². The van der Waals surface area contributed by atoms with Crippen molar-refractivity contribution < 1.29 is 4.79 Å². The zero-order valence-corrected chi connectivity index (χ0v) is 8.03. The molecule has 4 nitrogen and oxygen atoms in total. The van der Waals surface area contributed by atoms with Crippen LogP contribution in [0.4, 0.5) is 0 Å². The minimum Gasteiger partial charge on any atom is -0.273 e. The summed E-state index contributed by atoms with van der Waals surface area (Å²) in [6, 6.07) is 0.0532. The summed E-state index contributed by atoms with van der Waals surface area (Å²) in [6.45, 7) is 1.40. The first kappa shape index (κ1) is 10.2. The molecule has 0 spiro atoms. The zero-order valence-electron chi connectivity index (χ0n) is 8.03. The highest BCUT2D eigenvalue weighted by molar-refractivity contribution is 5.73. The van der Waals surface area contributed by atoms with Gasteiger partial charge in [-0.15, -0.1) is 4.91 Å². The predicted molar refractivity (Wildman–Crippen MR) is 49.8 cm³/mol. The van der Waals surface area contributed by atoms with Gasteiger partial charge in [-0.25, -0.2) is 0 Å². The van der Waals surface area contributed by atoms with Gasteiger partial charge in [-0.2, -0.15) is 5.01 Å². The molecule has 0 atom stereocenters. The van der Waals surface area contributed by atoms with E-state index in [1.807, 2.05) is 0 Å². The molecule has 1 aliphatic rings. The van der Waals surface area contributed by atoms with E-state index in [9.17, 15) is 9.70 Å². The molecule has 0 bridgehead atoms. The molecule has 13 heavy (non-hydrogen) atoms. The normalized spacial score (nSPS) is 19.2. The van der Waals surface area contributed by atoms with Gasteiger partial charge in [-0.3, -0.25) is 4.79 Å². The molecule has 74 valence electrons. The van der Waals surface area contributed by atoms with Gasteiger partial charge in [0, 0.05) is 6.92 Å². The van der Waals surface area contributed by atoms with Crippen molar-refractivity contribution in [3.05, 3.63) is 4.91 Å². The zero-order chi connectivity index (χ0) is 9.68. The lowest BCUT2D eigenvalue weighted by Gasteiger charge is -2.21. The Morgan fingerprint density at radius 2 is 1.77 bits per heavy atom. The number of hydrogen-bond donors (Lipinski definition) is 0. The highest BCUT2D eigenvalue weighted by Crippen LogP contribution is 2.22. The van der Waals surface area contributed by atoms with Gasteiger partial charge in [0.1, 0.15) is 0 Å². The second kappa shape index (κ2) is 4.94. The molecule has 4 heteroatoms. The Morgan fingerprint density at radius 3 is 2.15 bits per heavy atom. The summed E-state index contributed by atoms with van der Waals surface area (Å²) in [5.74, 6) is -0.234. The van der Waals surface area contributed by atoms with Crippen molar-refractivity contribution in [3.63, 3.8) is 0 Å². The van der Waals surface area contributed by atoms with Crippen molar-refractivity contribution in [2.24, 2.45) is 5.29 Å². The predicted octanol–water partition coefficient (Wildman–Crippen LogP) is 2.24. The van der Waals surface area contributed by atoms with E-state index >= 15 is 0 Å². The van der Waals surface area contributed by atoms with E-state index in [0.29, 0.717) is 0 Å². The molecule has 0 aliphatic heterocycles. The molecular weight excluding hydrogens is 168 g/mol. The average Bonchev–Trinajstić information content (AvgIpc) is 2.33. The Bertz CT molecular complexity index is 186. The van der Waals surface area contributed by atoms with E-state index in [1.54, 1.807) is 0 Å². The van der Waals surface area contributed by atoms with Gasteiger partial charge in [0.2, 0.25) is 5.91 Å². The van der Waals surface area contributed by atoms with Gasteiger partial charge < -0.3 is 0 Å². The van der Waals surface area contributed by atoms with Crippen LogP contribution in [0.5, 0.6) is 0 Å². The van der Waals surface area contributed by atoms with Crippen LogP contribution in [0, 0.1) is 4.91 Å². The molecular formula is C9H16N2O2. The summed E-state index contributed by atoms with van der Waals surface area (Å²) >= 11 is 0. The highest BCUT2D eigenvalue weighted by Gasteiger charge is 2.22. The summed E-state index contributed by atoms with van der Waals surface area (Å²) in [5.41, 5.74) is 0. The number of nitroso groups, excluding NO2 is 1. The molecule has 1 fully saturated rings. The first-order valence-electron chi connectivity index (χ1n) is 4.89. The number of amides is 1. The Hall–Kier alpha value is -0.930. The fourth-order valence-corrected chi connectivity index (χ4v) is 1.88. The summed E-state index contributed by atoms with van der Waals surface area (Å²) < 4.78 is 0. The second-order valence-electron chi connectivity index (χ2n) is 3.59.